The largest absolute Gasteiger partial charge is 0.354 e. The van der Waals surface area contributed by atoms with Gasteiger partial charge >= 0.3 is 0 Å². The fourth-order valence-corrected chi connectivity index (χ4v) is 2.45. The van der Waals surface area contributed by atoms with Gasteiger partial charge in [-0.2, -0.15) is 0 Å². The fraction of sp³-hybridized carbons (Fsp3) is 0.263. The van der Waals surface area contributed by atoms with E-state index in [0.29, 0.717) is 12.6 Å². The van der Waals surface area contributed by atoms with Gasteiger partial charge in [0.05, 0.1) is 12.1 Å². The first-order valence-corrected chi connectivity index (χ1v) is 8.06. The average molecular weight is 346 g/mol. The van der Waals surface area contributed by atoms with Crippen molar-refractivity contribution in [1.29, 1.82) is 0 Å². The summed E-state index contributed by atoms with van der Waals surface area (Å²) in [7, 11) is 0. The van der Waals surface area contributed by atoms with Crippen LogP contribution in [0.4, 0.5) is 8.78 Å². The molecule has 2 N–H and O–H groups in total. The highest BCUT2D eigenvalue weighted by atomic mass is 19.1. The van der Waals surface area contributed by atoms with Crippen LogP contribution in [-0.4, -0.2) is 24.9 Å². The lowest BCUT2D eigenvalue weighted by Gasteiger charge is -2.16. The minimum atomic E-state index is -0.965. The van der Waals surface area contributed by atoms with Crippen LogP contribution in [0.1, 0.15) is 35.2 Å². The van der Waals surface area contributed by atoms with E-state index in [0.717, 1.165) is 24.1 Å². The van der Waals surface area contributed by atoms with Crippen molar-refractivity contribution in [2.45, 2.75) is 19.3 Å². The molecule has 2 amide bonds. The Morgan fingerprint density at radius 3 is 2.40 bits per heavy atom. The predicted octanol–water partition coefficient (Wildman–Crippen LogP) is 3.00. The number of hydrogen-bond donors (Lipinski definition) is 2. The molecule has 0 aromatic heterocycles. The Bertz CT molecular complexity index is 735. The normalized spacial score (nSPS) is 11.6. The zero-order valence-corrected chi connectivity index (χ0v) is 13.9. The minimum Gasteiger partial charge on any atom is -0.354 e. The Kier molecular flexibility index (Phi) is 6.62. The third kappa shape index (κ3) is 5.38. The Balaban J connectivity index is 1.83. The van der Waals surface area contributed by atoms with Crippen LogP contribution in [0.15, 0.2) is 48.5 Å². The standard InChI is InChI=1S/C19H20F2N2O2/c1-2-13(14-6-4-3-5-7-14)11-22-18(24)12-23-19(25)16-9-8-15(20)10-17(16)21/h3-10,13H,2,11-12H2,1H3,(H,22,24)(H,23,25). The molecule has 0 heterocycles. The van der Waals surface area contributed by atoms with Crippen LogP contribution in [0.5, 0.6) is 0 Å². The highest BCUT2D eigenvalue weighted by Gasteiger charge is 2.14. The van der Waals surface area contributed by atoms with Crippen LogP contribution in [0.25, 0.3) is 0 Å². The molecule has 2 aromatic carbocycles. The molecule has 0 saturated carbocycles. The van der Waals surface area contributed by atoms with E-state index in [2.05, 4.69) is 10.6 Å². The predicted molar refractivity (Wildman–Crippen MR) is 91.2 cm³/mol. The molecule has 2 rings (SSSR count). The highest BCUT2D eigenvalue weighted by Crippen LogP contribution is 2.17. The van der Waals surface area contributed by atoms with Gasteiger partial charge in [-0.25, -0.2) is 8.78 Å². The Hall–Kier alpha value is -2.76. The van der Waals surface area contributed by atoms with Gasteiger partial charge in [-0.15, -0.1) is 0 Å². The van der Waals surface area contributed by atoms with Gasteiger partial charge in [0.15, 0.2) is 0 Å². The summed E-state index contributed by atoms with van der Waals surface area (Å²) < 4.78 is 26.4. The number of carbonyl (C=O) groups is 2. The van der Waals surface area contributed by atoms with E-state index in [1.54, 1.807) is 0 Å². The lowest BCUT2D eigenvalue weighted by atomic mass is 9.96. The molecule has 0 aliphatic heterocycles. The number of amides is 2. The van der Waals surface area contributed by atoms with Crippen LogP contribution in [-0.2, 0) is 4.79 Å². The summed E-state index contributed by atoms with van der Waals surface area (Å²) in [6.45, 7) is 2.20. The summed E-state index contributed by atoms with van der Waals surface area (Å²) in [5, 5.41) is 5.08. The molecule has 0 spiro atoms. The van der Waals surface area contributed by atoms with Gasteiger partial charge in [-0.05, 0) is 24.1 Å². The number of benzene rings is 2. The van der Waals surface area contributed by atoms with Gasteiger partial charge < -0.3 is 10.6 Å². The fourth-order valence-electron chi connectivity index (χ4n) is 2.45. The zero-order valence-electron chi connectivity index (χ0n) is 13.9. The molecule has 25 heavy (non-hydrogen) atoms. The number of hydrogen-bond acceptors (Lipinski definition) is 2. The molecule has 4 nitrogen and oxygen atoms in total. The average Bonchev–Trinajstić information content (AvgIpc) is 2.61. The topological polar surface area (TPSA) is 58.2 Å². The van der Waals surface area contributed by atoms with Gasteiger partial charge in [0.25, 0.3) is 5.91 Å². The molecular formula is C19H20F2N2O2. The first kappa shape index (κ1) is 18.6. The highest BCUT2D eigenvalue weighted by molar-refractivity contribution is 5.96. The summed E-state index contributed by atoms with van der Waals surface area (Å²) in [6, 6.07) is 12.5. The van der Waals surface area contributed by atoms with Crippen molar-refractivity contribution in [1.82, 2.24) is 10.6 Å². The van der Waals surface area contributed by atoms with E-state index >= 15 is 0 Å². The Labute approximate surface area is 145 Å². The quantitative estimate of drug-likeness (QED) is 0.810. The molecule has 0 aliphatic rings. The molecule has 0 bridgehead atoms. The number of nitrogens with one attached hydrogen (secondary N) is 2. The number of rotatable bonds is 7. The third-order valence-electron chi connectivity index (χ3n) is 3.89. The van der Waals surface area contributed by atoms with Crippen LogP contribution in [0.2, 0.25) is 0 Å². The molecule has 0 saturated heterocycles. The molecule has 132 valence electrons. The molecule has 0 aliphatic carbocycles. The number of carbonyl (C=O) groups excluding carboxylic acids is 2. The molecular weight excluding hydrogens is 326 g/mol. The van der Waals surface area contributed by atoms with E-state index < -0.39 is 17.5 Å². The first-order valence-electron chi connectivity index (χ1n) is 8.06. The zero-order chi connectivity index (χ0) is 18.2. The Morgan fingerprint density at radius 1 is 1.04 bits per heavy atom. The molecule has 6 heteroatoms. The van der Waals surface area contributed by atoms with Gasteiger partial charge in [-0.1, -0.05) is 37.3 Å². The molecule has 0 radical (unpaired) electrons. The summed E-state index contributed by atoms with van der Waals surface area (Å²) in [6.07, 6.45) is 0.859. The molecule has 1 unspecified atom stereocenters. The monoisotopic (exact) mass is 346 g/mol. The van der Waals surface area contributed by atoms with Crippen LogP contribution in [0.3, 0.4) is 0 Å². The second-order valence-corrected chi connectivity index (χ2v) is 5.63. The first-order chi connectivity index (χ1) is 12.0. The SMILES string of the molecule is CCC(CNC(=O)CNC(=O)c1ccc(F)cc1F)c1ccccc1. The van der Waals surface area contributed by atoms with Gasteiger partial charge in [-0.3, -0.25) is 9.59 Å². The molecule has 1 atom stereocenters. The maximum absolute atomic E-state index is 13.5. The van der Waals surface area contributed by atoms with Crippen molar-refractivity contribution in [3.05, 3.63) is 71.3 Å². The van der Waals surface area contributed by atoms with Crippen molar-refractivity contribution < 1.29 is 18.4 Å². The molecule has 0 fully saturated rings. The smallest absolute Gasteiger partial charge is 0.254 e. The van der Waals surface area contributed by atoms with E-state index in [-0.39, 0.29) is 23.9 Å². The lowest BCUT2D eigenvalue weighted by Crippen LogP contribution is -2.38. The van der Waals surface area contributed by atoms with Crippen LogP contribution < -0.4 is 10.6 Å². The van der Waals surface area contributed by atoms with Crippen molar-refractivity contribution in [2.24, 2.45) is 0 Å². The summed E-state index contributed by atoms with van der Waals surface area (Å²) in [4.78, 5) is 23.7. The summed E-state index contributed by atoms with van der Waals surface area (Å²) in [5.41, 5.74) is 0.827. The van der Waals surface area contributed by atoms with E-state index in [4.69, 9.17) is 0 Å². The minimum absolute atomic E-state index is 0.176. The second kappa shape index (κ2) is 8.92. The van der Waals surface area contributed by atoms with Crippen molar-refractivity contribution in [3.8, 4) is 0 Å². The maximum Gasteiger partial charge on any atom is 0.254 e. The van der Waals surface area contributed by atoms with Gasteiger partial charge in [0, 0.05) is 18.5 Å². The Morgan fingerprint density at radius 2 is 1.76 bits per heavy atom. The number of halogens is 2. The van der Waals surface area contributed by atoms with Crippen molar-refractivity contribution in [3.63, 3.8) is 0 Å². The summed E-state index contributed by atoms with van der Waals surface area (Å²) >= 11 is 0. The van der Waals surface area contributed by atoms with Gasteiger partial charge in [0.1, 0.15) is 11.6 Å². The summed E-state index contributed by atoms with van der Waals surface area (Å²) in [5.74, 6) is -2.69. The van der Waals surface area contributed by atoms with Crippen LogP contribution >= 0.6 is 0 Å². The van der Waals surface area contributed by atoms with E-state index in [1.165, 1.54) is 0 Å². The maximum atomic E-state index is 13.5. The van der Waals surface area contributed by atoms with Crippen molar-refractivity contribution >= 4 is 11.8 Å². The lowest BCUT2D eigenvalue weighted by molar-refractivity contribution is -0.120. The van der Waals surface area contributed by atoms with E-state index in [9.17, 15) is 18.4 Å². The van der Waals surface area contributed by atoms with E-state index in [1.807, 2.05) is 37.3 Å². The molecule has 2 aromatic rings. The van der Waals surface area contributed by atoms with Crippen LogP contribution in [0, 0.1) is 11.6 Å². The van der Waals surface area contributed by atoms with Crippen molar-refractivity contribution in [2.75, 3.05) is 13.1 Å². The van der Waals surface area contributed by atoms with Gasteiger partial charge in [0.2, 0.25) is 5.91 Å². The third-order valence-corrected chi connectivity index (χ3v) is 3.89. The second-order valence-electron chi connectivity index (χ2n) is 5.63.